The van der Waals surface area contributed by atoms with E-state index in [1.54, 1.807) is 24.4 Å². The fourth-order valence-electron chi connectivity index (χ4n) is 4.13. The normalized spacial score (nSPS) is 23.5. The Labute approximate surface area is 187 Å². The number of carbonyl (C=O) groups excluding carboxylic acids is 2. The Morgan fingerprint density at radius 3 is 2.55 bits per heavy atom. The molecule has 0 amide bonds. The van der Waals surface area contributed by atoms with E-state index in [9.17, 15) is 9.59 Å². The van der Waals surface area contributed by atoms with Crippen LogP contribution in [0.3, 0.4) is 0 Å². The van der Waals surface area contributed by atoms with Gasteiger partial charge in [0.1, 0.15) is 17.9 Å². The Bertz CT molecular complexity index is 794. The average molecular weight is 448 g/mol. The second-order valence-electron chi connectivity index (χ2n) is 10.3. The minimum Gasteiger partial charge on any atom is -0.460 e. The number of pyridine rings is 1. The molecule has 0 radical (unpaired) electrons. The number of aromatic nitrogens is 1. The van der Waals surface area contributed by atoms with Crippen LogP contribution in [0.2, 0.25) is 19.6 Å². The molecule has 2 rings (SSSR count). The van der Waals surface area contributed by atoms with Crippen LogP contribution in [0.4, 0.5) is 0 Å². The zero-order valence-electron chi connectivity index (χ0n) is 20.0. The number of hydrogen-bond acceptors (Lipinski definition) is 6. The topological polar surface area (TPSA) is 74.7 Å². The van der Waals surface area contributed by atoms with Gasteiger partial charge in [0.2, 0.25) is 0 Å². The highest BCUT2D eigenvalue weighted by Gasteiger charge is 2.44. The highest BCUT2D eigenvalue weighted by atomic mass is 28.4. The SMILES string of the molecule is CC(C)(C)OC(=O)C[C@H]1C(=CCOC(=O)c2ccccn2)CCC[C@]1(C)O[Si](C)(C)C. The first-order valence-electron chi connectivity index (χ1n) is 11.0. The van der Waals surface area contributed by atoms with E-state index < -0.39 is 25.5 Å². The largest absolute Gasteiger partial charge is 0.460 e. The number of nitrogens with zero attached hydrogens (tertiary/aromatic N) is 1. The third kappa shape index (κ3) is 8.22. The Hall–Kier alpha value is -1.99. The summed E-state index contributed by atoms with van der Waals surface area (Å²) in [6, 6.07) is 5.13. The highest BCUT2D eigenvalue weighted by Crippen LogP contribution is 2.44. The van der Waals surface area contributed by atoms with Gasteiger partial charge in [0, 0.05) is 12.1 Å². The van der Waals surface area contributed by atoms with Crippen LogP contribution < -0.4 is 0 Å². The van der Waals surface area contributed by atoms with Crippen molar-refractivity contribution in [2.45, 2.75) is 84.2 Å². The van der Waals surface area contributed by atoms with Crippen molar-refractivity contribution in [2.24, 2.45) is 5.92 Å². The standard InChI is InChI=1S/C24H37NO5Si/c1-23(2,3)29-21(26)17-19-18(11-10-14-24(19,4)30-31(5,6)7)13-16-28-22(27)20-12-8-9-15-25-20/h8-9,12-13,15,19H,10-11,14,16-17H2,1-7H3/t19-,24-/m0/s1. The third-order valence-corrected chi connectivity index (χ3v) is 6.17. The van der Waals surface area contributed by atoms with E-state index in [2.05, 4.69) is 31.5 Å². The van der Waals surface area contributed by atoms with E-state index >= 15 is 0 Å². The van der Waals surface area contributed by atoms with Crippen LogP contribution in [0.5, 0.6) is 0 Å². The molecule has 0 N–H and O–H groups in total. The fourth-order valence-corrected chi connectivity index (χ4v) is 5.77. The summed E-state index contributed by atoms with van der Waals surface area (Å²) >= 11 is 0. The quantitative estimate of drug-likeness (QED) is 0.320. The van der Waals surface area contributed by atoms with Crippen molar-refractivity contribution in [3.63, 3.8) is 0 Å². The summed E-state index contributed by atoms with van der Waals surface area (Å²) in [5.74, 6) is -0.810. The van der Waals surface area contributed by atoms with Crippen molar-refractivity contribution in [3.05, 3.63) is 41.7 Å². The second-order valence-corrected chi connectivity index (χ2v) is 14.7. The molecule has 172 valence electrons. The molecule has 1 fully saturated rings. The Kier molecular flexibility index (Phi) is 8.22. The van der Waals surface area contributed by atoms with E-state index in [0.29, 0.717) is 0 Å². The Morgan fingerprint density at radius 2 is 1.97 bits per heavy atom. The summed E-state index contributed by atoms with van der Waals surface area (Å²) in [7, 11) is -1.85. The van der Waals surface area contributed by atoms with Crippen LogP contribution in [0.1, 0.15) is 63.9 Å². The van der Waals surface area contributed by atoms with E-state index in [-0.39, 0.29) is 30.6 Å². The van der Waals surface area contributed by atoms with Crippen molar-refractivity contribution in [2.75, 3.05) is 6.61 Å². The maximum atomic E-state index is 12.7. The molecule has 0 aliphatic heterocycles. The third-order valence-electron chi connectivity index (χ3n) is 5.09. The van der Waals surface area contributed by atoms with E-state index in [1.165, 1.54) is 0 Å². The lowest BCUT2D eigenvalue weighted by Gasteiger charge is -2.46. The molecule has 1 aliphatic rings. The van der Waals surface area contributed by atoms with Gasteiger partial charge in [0.25, 0.3) is 0 Å². The lowest BCUT2D eigenvalue weighted by atomic mass is 9.71. The summed E-state index contributed by atoms with van der Waals surface area (Å²) in [4.78, 5) is 28.9. The van der Waals surface area contributed by atoms with E-state index in [0.717, 1.165) is 24.8 Å². The summed E-state index contributed by atoms with van der Waals surface area (Å²) in [5, 5.41) is 0. The molecule has 0 saturated heterocycles. The lowest BCUT2D eigenvalue weighted by Crippen LogP contribution is -2.49. The number of esters is 2. The Morgan fingerprint density at radius 1 is 1.26 bits per heavy atom. The molecule has 6 nitrogen and oxygen atoms in total. The number of carbonyl (C=O) groups is 2. The van der Waals surface area contributed by atoms with Crippen LogP contribution in [0.25, 0.3) is 0 Å². The summed E-state index contributed by atoms with van der Waals surface area (Å²) < 4.78 is 17.6. The number of ether oxygens (including phenoxy) is 2. The number of rotatable bonds is 7. The molecule has 1 saturated carbocycles. The minimum absolute atomic E-state index is 0.114. The van der Waals surface area contributed by atoms with Gasteiger partial charge in [-0.15, -0.1) is 0 Å². The molecule has 0 unspecified atom stereocenters. The van der Waals surface area contributed by atoms with E-state index in [1.807, 2.05) is 26.8 Å². The van der Waals surface area contributed by atoms with Crippen molar-refractivity contribution < 1.29 is 23.5 Å². The van der Waals surface area contributed by atoms with Gasteiger partial charge in [0.05, 0.1) is 12.0 Å². The first kappa shape index (κ1) is 25.3. The smallest absolute Gasteiger partial charge is 0.357 e. The molecular weight excluding hydrogens is 410 g/mol. The molecule has 7 heteroatoms. The zero-order chi connectivity index (χ0) is 23.3. The summed E-state index contributed by atoms with van der Waals surface area (Å²) in [5.41, 5.74) is 0.383. The van der Waals surface area contributed by atoms with Crippen LogP contribution in [-0.4, -0.2) is 43.0 Å². The minimum atomic E-state index is -1.85. The van der Waals surface area contributed by atoms with Crippen molar-refractivity contribution >= 4 is 20.3 Å². The molecule has 1 heterocycles. The molecule has 1 aliphatic carbocycles. The summed E-state index contributed by atoms with van der Waals surface area (Å²) in [6.45, 7) is 14.3. The predicted molar refractivity (Wildman–Crippen MR) is 123 cm³/mol. The first-order chi connectivity index (χ1) is 14.3. The number of hydrogen-bond donors (Lipinski definition) is 0. The van der Waals surface area contributed by atoms with Crippen LogP contribution >= 0.6 is 0 Å². The average Bonchev–Trinajstić information content (AvgIpc) is 2.62. The molecule has 2 atom stereocenters. The van der Waals surface area contributed by atoms with Gasteiger partial charge in [-0.2, -0.15) is 0 Å². The van der Waals surface area contributed by atoms with Gasteiger partial charge in [-0.25, -0.2) is 9.78 Å². The van der Waals surface area contributed by atoms with E-state index in [4.69, 9.17) is 13.9 Å². The first-order valence-corrected chi connectivity index (χ1v) is 14.4. The molecule has 0 bridgehead atoms. The van der Waals surface area contributed by atoms with Crippen LogP contribution in [0.15, 0.2) is 36.0 Å². The van der Waals surface area contributed by atoms with Crippen LogP contribution in [-0.2, 0) is 18.7 Å². The molecule has 1 aromatic heterocycles. The maximum absolute atomic E-state index is 12.7. The van der Waals surface area contributed by atoms with Gasteiger partial charge in [-0.3, -0.25) is 4.79 Å². The predicted octanol–water partition coefficient (Wildman–Crippen LogP) is 5.31. The van der Waals surface area contributed by atoms with Gasteiger partial charge >= 0.3 is 11.9 Å². The molecule has 0 spiro atoms. The second kappa shape index (κ2) is 10.1. The highest BCUT2D eigenvalue weighted by molar-refractivity contribution is 6.69. The maximum Gasteiger partial charge on any atom is 0.357 e. The van der Waals surface area contributed by atoms with Crippen molar-refractivity contribution in [1.82, 2.24) is 4.98 Å². The van der Waals surface area contributed by atoms with Crippen LogP contribution in [0, 0.1) is 5.92 Å². The van der Waals surface area contributed by atoms with Gasteiger partial charge in [0.15, 0.2) is 8.32 Å². The summed E-state index contributed by atoms with van der Waals surface area (Å²) in [6.07, 6.45) is 6.44. The fraction of sp³-hybridized carbons (Fsp3) is 0.625. The molecular formula is C24H37NO5Si. The van der Waals surface area contributed by atoms with Gasteiger partial charge in [-0.1, -0.05) is 11.6 Å². The van der Waals surface area contributed by atoms with Crippen molar-refractivity contribution in [1.29, 1.82) is 0 Å². The zero-order valence-corrected chi connectivity index (χ0v) is 21.0. The van der Waals surface area contributed by atoms with Gasteiger partial charge in [-0.05, 0) is 84.8 Å². The molecule has 0 aromatic carbocycles. The monoisotopic (exact) mass is 447 g/mol. The molecule has 31 heavy (non-hydrogen) atoms. The Balaban J connectivity index is 2.19. The van der Waals surface area contributed by atoms with Gasteiger partial charge < -0.3 is 13.9 Å². The lowest BCUT2D eigenvalue weighted by molar-refractivity contribution is -0.158. The van der Waals surface area contributed by atoms with Crippen molar-refractivity contribution in [3.8, 4) is 0 Å². The molecule has 1 aromatic rings.